The highest BCUT2D eigenvalue weighted by Gasteiger charge is 2.07. The average molecular weight is 321 g/mol. The highest BCUT2D eigenvalue weighted by atomic mass is 32.2. The second-order valence-corrected chi connectivity index (χ2v) is 6.58. The van der Waals surface area contributed by atoms with E-state index in [0.29, 0.717) is 0 Å². The molecule has 0 saturated carbocycles. The molecule has 0 aliphatic rings. The van der Waals surface area contributed by atoms with Gasteiger partial charge in [-0.15, -0.1) is 10.2 Å². The predicted octanol–water partition coefficient (Wildman–Crippen LogP) is 2.99. The van der Waals surface area contributed by atoms with Gasteiger partial charge in [-0.25, -0.2) is 4.79 Å². The number of carboxylic acids is 1. The van der Waals surface area contributed by atoms with Crippen LogP contribution in [0.5, 0.6) is 0 Å². The summed E-state index contributed by atoms with van der Waals surface area (Å²) in [5.41, 5.74) is 1.98. The van der Waals surface area contributed by atoms with Gasteiger partial charge in [0.2, 0.25) is 5.13 Å². The van der Waals surface area contributed by atoms with Gasteiger partial charge < -0.3 is 10.0 Å². The molecule has 1 aromatic heterocycles. The van der Waals surface area contributed by atoms with E-state index in [2.05, 4.69) is 10.2 Å². The van der Waals surface area contributed by atoms with Gasteiger partial charge in [-0.1, -0.05) is 47.4 Å². The molecule has 21 heavy (non-hydrogen) atoms. The van der Waals surface area contributed by atoms with Crippen LogP contribution < -0.4 is 4.90 Å². The summed E-state index contributed by atoms with van der Waals surface area (Å²) >= 11 is 3.14. The summed E-state index contributed by atoms with van der Waals surface area (Å²) in [4.78, 5) is 12.5. The minimum atomic E-state index is -0.947. The Labute approximate surface area is 131 Å². The largest absolute Gasteiger partial charge is 0.478 e. The molecule has 5 nitrogen and oxygen atoms in total. The molecule has 0 amide bonds. The summed E-state index contributed by atoms with van der Waals surface area (Å²) in [6.07, 6.45) is 2.77. The Morgan fingerprint density at radius 2 is 2.14 bits per heavy atom. The van der Waals surface area contributed by atoms with E-state index in [0.717, 1.165) is 32.4 Å². The molecule has 7 heteroatoms. The number of benzene rings is 1. The summed E-state index contributed by atoms with van der Waals surface area (Å²) in [5.74, 6) is -0.223. The van der Waals surface area contributed by atoms with E-state index in [1.807, 2.05) is 43.3 Å². The normalized spacial score (nSPS) is 11.0. The van der Waals surface area contributed by atoms with Crippen LogP contribution in [0, 0.1) is 0 Å². The Kier molecular flexibility index (Phi) is 5.35. The van der Waals surface area contributed by atoms with Crippen LogP contribution in [0.3, 0.4) is 0 Å². The fourth-order valence-electron chi connectivity index (χ4n) is 1.57. The lowest BCUT2D eigenvalue weighted by Gasteiger charge is -2.04. The summed E-state index contributed by atoms with van der Waals surface area (Å²) < 4.78 is 0.899. The highest BCUT2D eigenvalue weighted by Crippen LogP contribution is 2.30. The molecule has 0 spiro atoms. The summed E-state index contributed by atoms with van der Waals surface area (Å²) in [6, 6.07) is 7.73. The molecule has 0 unspecified atom stereocenters. The zero-order chi connectivity index (χ0) is 15.2. The van der Waals surface area contributed by atoms with Crippen molar-refractivity contribution in [2.24, 2.45) is 0 Å². The number of rotatable bonds is 6. The van der Waals surface area contributed by atoms with Gasteiger partial charge in [0.15, 0.2) is 4.34 Å². The summed E-state index contributed by atoms with van der Waals surface area (Å²) in [5, 5.41) is 17.8. The van der Waals surface area contributed by atoms with E-state index in [1.54, 1.807) is 17.8 Å². The van der Waals surface area contributed by atoms with E-state index in [4.69, 9.17) is 5.11 Å². The molecule has 0 saturated heterocycles. The number of aromatic nitrogens is 2. The maximum atomic E-state index is 10.6. The van der Waals surface area contributed by atoms with Gasteiger partial charge in [-0.05, 0) is 17.2 Å². The molecule has 1 N–H and O–H groups in total. The highest BCUT2D eigenvalue weighted by molar-refractivity contribution is 8.00. The molecule has 0 bridgehead atoms. The lowest BCUT2D eigenvalue weighted by atomic mass is 10.1. The molecule has 110 valence electrons. The maximum absolute atomic E-state index is 10.6. The van der Waals surface area contributed by atoms with E-state index < -0.39 is 5.97 Å². The van der Waals surface area contributed by atoms with Gasteiger partial charge in [0.1, 0.15) is 0 Å². The first-order chi connectivity index (χ1) is 10.1. The van der Waals surface area contributed by atoms with E-state index in [-0.39, 0.29) is 0 Å². The molecule has 1 heterocycles. The second kappa shape index (κ2) is 7.24. The van der Waals surface area contributed by atoms with E-state index >= 15 is 0 Å². The van der Waals surface area contributed by atoms with Crippen LogP contribution in [0.15, 0.2) is 34.7 Å². The Morgan fingerprint density at radius 3 is 2.81 bits per heavy atom. The van der Waals surface area contributed by atoms with Crippen LogP contribution in [0.1, 0.15) is 11.1 Å². The zero-order valence-corrected chi connectivity index (χ0v) is 13.3. The van der Waals surface area contributed by atoms with Crippen LogP contribution in [0.25, 0.3) is 6.08 Å². The van der Waals surface area contributed by atoms with Crippen molar-refractivity contribution in [2.45, 2.75) is 10.1 Å². The van der Waals surface area contributed by atoms with Crippen molar-refractivity contribution in [3.8, 4) is 0 Å². The van der Waals surface area contributed by atoms with Gasteiger partial charge in [-0.3, -0.25) is 0 Å². The fraction of sp³-hybridized carbons (Fsp3) is 0.214. The van der Waals surface area contributed by atoms with Crippen molar-refractivity contribution < 1.29 is 9.90 Å². The number of anilines is 1. The molecule has 0 aliphatic heterocycles. The molecular formula is C14H15N3O2S2. The molecule has 0 radical (unpaired) electrons. The number of carboxylic acid groups (broad SMARTS) is 1. The number of thioether (sulfide) groups is 1. The number of nitrogens with zero attached hydrogens (tertiary/aromatic N) is 3. The minimum Gasteiger partial charge on any atom is -0.478 e. The molecule has 1 aromatic carbocycles. The summed E-state index contributed by atoms with van der Waals surface area (Å²) in [7, 11) is 3.86. The Balaban J connectivity index is 2.07. The van der Waals surface area contributed by atoms with Gasteiger partial charge >= 0.3 is 5.97 Å². The Morgan fingerprint density at radius 1 is 1.38 bits per heavy atom. The predicted molar refractivity (Wildman–Crippen MR) is 86.9 cm³/mol. The van der Waals surface area contributed by atoms with Crippen molar-refractivity contribution >= 4 is 40.3 Å². The SMILES string of the molecule is CN(C)c1nnc(SCc2ccccc2C=CC(=O)O)s1. The number of hydrogen-bond donors (Lipinski definition) is 1. The standard InChI is InChI=1S/C14H15N3O2S2/c1-17(2)13-15-16-14(21-13)20-9-11-6-4-3-5-10(11)7-8-12(18)19/h3-8H,9H2,1-2H3,(H,18,19). The van der Waals surface area contributed by atoms with Crippen molar-refractivity contribution in [1.29, 1.82) is 0 Å². The first-order valence-electron chi connectivity index (χ1n) is 6.19. The van der Waals surface area contributed by atoms with Crippen LogP contribution in [0.4, 0.5) is 5.13 Å². The van der Waals surface area contributed by atoms with Gasteiger partial charge in [0.25, 0.3) is 0 Å². The number of aliphatic carboxylic acids is 1. The third-order valence-corrected chi connectivity index (χ3v) is 4.86. The van der Waals surface area contributed by atoms with Crippen molar-refractivity contribution in [1.82, 2.24) is 10.2 Å². The summed E-state index contributed by atoms with van der Waals surface area (Å²) in [6.45, 7) is 0. The van der Waals surface area contributed by atoms with Crippen molar-refractivity contribution in [2.75, 3.05) is 19.0 Å². The van der Waals surface area contributed by atoms with Crippen LogP contribution >= 0.6 is 23.1 Å². The van der Waals surface area contributed by atoms with Crippen LogP contribution in [0.2, 0.25) is 0 Å². The molecule has 0 fully saturated rings. The number of hydrogen-bond acceptors (Lipinski definition) is 6. The quantitative estimate of drug-likeness (QED) is 0.652. The van der Waals surface area contributed by atoms with Crippen molar-refractivity contribution in [3.05, 3.63) is 41.5 Å². The molecule has 0 aliphatic carbocycles. The lowest BCUT2D eigenvalue weighted by Crippen LogP contribution is -2.07. The molecular weight excluding hydrogens is 306 g/mol. The monoisotopic (exact) mass is 321 g/mol. The fourth-order valence-corrected chi connectivity index (χ4v) is 3.35. The topological polar surface area (TPSA) is 66.3 Å². The molecule has 2 rings (SSSR count). The molecule has 0 atom stereocenters. The zero-order valence-electron chi connectivity index (χ0n) is 11.7. The number of carbonyl (C=O) groups is 1. The van der Waals surface area contributed by atoms with E-state index in [9.17, 15) is 4.79 Å². The van der Waals surface area contributed by atoms with Gasteiger partial charge in [-0.2, -0.15) is 0 Å². The lowest BCUT2D eigenvalue weighted by molar-refractivity contribution is -0.131. The Hall–Kier alpha value is -1.86. The second-order valence-electron chi connectivity index (χ2n) is 4.40. The third kappa shape index (κ3) is 4.57. The first-order valence-corrected chi connectivity index (χ1v) is 7.99. The third-order valence-electron chi connectivity index (χ3n) is 2.59. The van der Waals surface area contributed by atoms with Crippen molar-refractivity contribution in [3.63, 3.8) is 0 Å². The average Bonchev–Trinajstić information content (AvgIpc) is 2.93. The molecule has 2 aromatic rings. The van der Waals surface area contributed by atoms with Gasteiger partial charge in [0, 0.05) is 25.9 Å². The first kappa shape index (κ1) is 15.5. The smallest absolute Gasteiger partial charge is 0.328 e. The van der Waals surface area contributed by atoms with Crippen LogP contribution in [-0.4, -0.2) is 35.4 Å². The van der Waals surface area contributed by atoms with Gasteiger partial charge in [0.05, 0.1) is 0 Å². The maximum Gasteiger partial charge on any atom is 0.328 e. The minimum absolute atomic E-state index is 0.724. The van der Waals surface area contributed by atoms with Crippen LogP contribution in [-0.2, 0) is 10.5 Å². The Bertz CT molecular complexity index is 653. The van der Waals surface area contributed by atoms with E-state index in [1.165, 1.54) is 11.3 Å².